The van der Waals surface area contributed by atoms with Crippen LogP contribution in [0.3, 0.4) is 0 Å². The molecule has 1 saturated heterocycles. The van der Waals surface area contributed by atoms with Crippen LogP contribution < -0.4 is 10.6 Å². The summed E-state index contributed by atoms with van der Waals surface area (Å²) in [5.74, 6) is 1.84. The summed E-state index contributed by atoms with van der Waals surface area (Å²) in [7, 11) is 0. The zero-order valence-electron chi connectivity index (χ0n) is 14.9. The number of para-hydroxylation sites is 1. The number of hydrogen-bond donors (Lipinski definition) is 2. The van der Waals surface area contributed by atoms with Gasteiger partial charge in [-0.2, -0.15) is 11.3 Å². The molecule has 142 valence electrons. The van der Waals surface area contributed by atoms with Crippen LogP contribution >= 0.6 is 34.9 Å². The second kappa shape index (κ2) is 8.86. The molecule has 2 N–H and O–H groups in total. The van der Waals surface area contributed by atoms with Gasteiger partial charge in [0, 0.05) is 22.6 Å². The van der Waals surface area contributed by atoms with Gasteiger partial charge in [-0.3, -0.25) is 9.59 Å². The minimum atomic E-state index is -0.245. The molecule has 7 heteroatoms. The lowest BCUT2D eigenvalue weighted by molar-refractivity contribution is 0.102. The lowest BCUT2D eigenvalue weighted by Gasteiger charge is -2.13. The lowest BCUT2D eigenvalue weighted by atomic mass is 10.1. The Bertz CT molecular complexity index is 983. The summed E-state index contributed by atoms with van der Waals surface area (Å²) in [6, 6.07) is 16.8. The van der Waals surface area contributed by atoms with E-state index >= 15 is 0 Å². The molecular weight excluding hydrogens is 408 g/mol. The van der Waals surface area contributed by atoms with Crippen LogP contribution in [-0.2, 0) is 0 Å². The first-order valence-corrected chi connectivity index (χ1v) is 11.8. The molecule has 0 saturated carbocycles. The Kier molecular flexibility index (Phi) is 6.04. The highest BCUT2D eigenvalue weighted by Gasteiger charge is 2.19. The van der Waals surface area contributed by atoms with Crippen LogP contribution in [0.2, 0.25) is 0 Å². The maximum absolute atomic E-state index is 12.9. The largest absolute Gasteiger partial charge is 0.322 e. The van der Waals surface area contributed by atoms with Crippen molar-refractivity contribution in [3.8, 4) is 0 Å². The van der Waals surface area contributed by atoms with Crippen LogP contribution in [0.25, 0.3) is 0 Å². The van der Waals surface area contributed by atoms with Crippen LogP contribution in [0, 0.1) is 0 Å². The van der Waals surface area contributed by atoms with E-state index in [1.807, 2.05) is 47.1 Å². The molecule has 0 aliphatic carbocycles. The van der Waals surface area contributed by atoms with Crippen molar-refractivity contribution in [1.82, 2.24) is 0 Å². The maximum Gasteiger partial charge on any atom is 0.257 e. The van der Waals surface area contributed by atoms with Gasteiger partial charge >= 0.3 is 0 Å². The molecule has 28 heavy (non-hydrogen) atoms. The molecule has 2 heterocycles. The predicted octanol–water partition coefficient (Wildman–Crippen LogP) is 5.73. The molecule has 0 unspecified atom stereocenters. The predicted molar refractivity (Wildman–Crippen MR) is 121 cm³/mol. The Morgan fingerprint density at radius 2 is 1.71 bits per heavy atom. The van der Waals surface area contributed by atoms with E-state index in [0.29, 0.717) is 21.4 Å². The summed E-state index contributed by atoms with van der Waals surface area (Å²) in [6.07, 6.45) is 0. The Hall–Kier alpha value is -2.22. The molecule has 0 radical (unpaired) electrons. The van der Waals surface area contributed by atoms with Crippen LogP contribution in [-0.4, -0.2) is 23.3 Å². The zero-order valence-corrected chi connectivity index (χ0v) is 17.3. The normalized spacial score (nSPS) is 14.0. The molecule has 4 nitrogen and oxygen atoms in total. The van der Waals surface area contributed by atoms with Gasteiger partial charge in [-0.25, -0.2) is 0 Å². The van der Waals surface area contributed by atoms with Gasteiger partial charge in [0.15, 0.2) is 0 Å². The van der Waals surface area contributed by atoms with E-state index < -0.39 is 0 Å². The minimum absolute atomic E-state index is 0.223. The molecule has 1 aromatic heterocycles. The van der Waals surface area contributed by atoms with E-state index in [0.717, 1.165) is 17.2 Å². The number of rotatable bonds is 5. The third-order valence-corrected chi connectivity index (χ3v) is 8.03. The number of amides is 2. The van der Waals surface area contributed by atoms with Crippen molar-refractivity contribution in [2.75, 3.05) is 22.1 Å². The highest BCUT2D eigenvalue weighted by atomic mass is 32.2. The minimum Gasteiger partial charge on any atom is -0.322 e. The fraction of sp³-hybridized carbons (Fsp3) is 0.143. The SMILES string of the molecule is O=C(Nc1ccccc1C(=O)Nc1cccc(C2SCCS2)c1)c1ccsc1. The quantitative estimate of drug-likeness (QED) is 0.547. The number of thioether (sulfide) groups is 2. The summed E-state index contributed by atoms with van der Waals surface area (Å²) in [5, 5.41) is 9.43. The van der Waals surface area contributed by atoms with Gasteiger partial charge in [0.2, 0.25) is 0 Å². The standard InChI is InChI=1S/C21H18N2O2S3/c24-19(15-8-9-26-13-15)23-18-7-2-1-6-17(18)20(25)22-16-5-3-4-14(12-16)21-27-10-11-28-21/h1-9,12-13,21H,10-11H2,(H,22,25)(H,23,24). The van der Waals surface area contributed by atoms with Crippen LogP contribution in [0.4, 0.5) is 11.4 Å². The van der Waals surface area contributed by atoms with Crippen LogP contribution in [0.15, 0.2) is 65.4 Å². The first-order valence-electron chi connectivity index (χ1n) is 8.78. The molecule has 2 amide bonds. The van der Waals surface area contributed by atoms with E-state index in [1.54, 1.807) is 35.7 Å². The molecule has 2 aromatic carbocycles. The molecule has 1 aliphatic rings. The van der Waals surface area contributed by atoms with Crippen LogP contribution in [0.5, 0.6) is 0 Å². The third kappa shape index (κ3) is 4.43. The second-order valence-corrected chi connectivity index (χ2v) is 9.67. The van der Waals surface area contributed by atoms with Gasteiger partial charge in [0.25, 0.3) is 11.8 Å². The molecule has 0 atom stereocenters. The number of carbonyl (C=O) groups excluding carboxylic acids is 2. The van der Waals surface area contributed by atoms with Crippen molar-refractivity contribution in [2.45, 2.75) is 4.58 Å². The van der Waals surface area contributed by atoms with Crippen molar-refractivity contribution in [3.63, 3.8) is 0 Å². The Morgan fingerprint density at radius 3 is 2.50 bits per heavy atom. The molecule has 0 bridgehead atoms. The van der Waals surface area contributed by atoms with Crippen molar-refractivity contribution in [1.29, 1.82) is 0 Å². The van der Waals surface area contributed by atoms with E-state index in [2.05, 4.69) is 16.7 Å². The van der Waals surface area contributed by atoms with E-state index in [-0.39, 0.29) is 11.8 Å². The monoisotopic (exact) mass is 426 g/mol. The van der Waals surface area contributed by atoms with Crippen molar-refractivity contribution in [3.05, 3.63) is 82.0 Å². The molecule has 0 spiro atoms. The summed E-state index contributed by atoms with van der Waals surface area (Å²) >= 11 is 5.32. The van der Waals surface area contributed by atoms with Crippen molar-refractivity contribution < 1.29 is 9.59 Å². The summed E-state index contributed by atoms with van der Waals surface area (Å²) in [5.41, 5.74) is 3.48. The smallest absolute Gasteiger partial charge is 0.257 e. The zero-order chi connectivity index (χ0) is 19.3. The van der Waals surface area contributed by atoms with Crippen molar-refractivity contribution in [2.24, 2.45) is 0 Å². The number of benzene rings is 2. The van der Waals surface area contributed by atoms with Gasteiger partial charge in [0.1, 0.15) is 0 Å². The topological polar surface area (TPSA) is 58.2 Å². The summed E-state index contributed by atoms with van der Waals surface area (Å²) < 4.78 is 0.425. The second-order valence-electron chi connectivity index (χ2n) is 6.16. The van der Waals surface area contributed by atoms with Gasteiger partial charge in [-0.15, -0.1) is 23.5 Å². The number of hydrogen-bond acceptors (Lipinski definition) is 5. The molecule has 4 rings (SSSR count). The number of thiophene rings is 1. The number of carbonyl (C=O) groups is 2. The average Bonchev–Trinajstić information content (AvgIpc) is 3.43. The molecular formula is C21H18N2O2S3. The lowest BCUT2D eigenvalue weighted by Crippen LogP contribution is -2.18. The van der Waals surface area contributed by atoms with Gasteiger partial charge in [-0.1, -0.05) is 24.3 Å². The molecule has 1 aliphatic heterocycles. The Labute approximate surface area is 176 Å². The van der Waals surface area contributed by atoms with Gasteiger partial charge in [-0.05, 0) is 41.3 Å². The Morgan fingerprint density at radius 1 is 0.893 bits per heavy atom. The van der Waals surface area contributed by atoms with Gasteiger partial charge < -0.3 is 10.6 Å². The van der Waals surface area contributed by atoms with Crippen LogP contribution in [0.1, 0.15) is 30.9 Å². The maximum atomic E-state index is 12.9. The Balaban J connectivity index is 1.51. The van der Waals surface area contributed by atoms with E-state index in [4.69, 9.17) is 0 Å². The average molecular weight is 427 g/mol. The molecule has 1 fully saturated rings. The van der Waals surface area contributed by atoms with E-state index in [1.165, 1.54) is 16.9 Å². The highest BCUT2D eigenvalue weighted by molar-refractivity contribution is 8.19. The fourth-order valence-corrected chi connectivity index (χ4v) is 6.36. The highest BCUT2D eigenvalue weighted by Crippen LogP contribution is 2.45. The third-order valence-electron chi connectivity index (χ3n) is 4.24. The summed E-state index contributed by atoms with van der Waals surface area (Å²) in [6.45, 7) is 0. The fourth-order valence-electron chi connectivity index (χ4n) is 2.89. The van der Waals surface area contributed by atoms with Gasteiger partial charge in [0.05, 0.1) is 21.4 Å². The van der Waals surface area contributed by atoms with E-state index in [9.17, 15) is 9.59 Å². The first kappa shape index (κ1) is 19.1. The summed E-state index contributed by atoms with van der Waals surface area (Å²) in [4.78, 5) is 25.2. The number of anilines is 2. The first-order chi connectivity index (χ1) is 13.7. The van der Waals surface area contributed by atoms with Crippen molar-refractivity contribution >= 4 is 58.0 Å². The number of nitrogens with one attached hydrogen (secondary N) is 2. The molecule has 3 aromatic rings.